The van der Waals surface area contributed by atoms with E-state index in [9.17, 15) is 9.59 Å². The summed E-state index contributed by atoms with van der Waals surface area (Å²) < 4.78 is 0. The van der Waals surface area contributed by atoms with Crippen molar-refractivity contribution in [2.45, 2.75) is 26.8 Å². The van der Waals surface area contributed by atoms with Crippen molar-refractivity contribution in [1.29, 1.82) is 0 Å². The predicted molar refractivity (Wildman–Crippen MR) is 122 cm³/mol. The molecular weight excluding hydrogens is 384 g/mol. The zero-order valence-electron chi connectivity index (χ0n) is 17.8. The summed E-state index contributed by atoms with van der Waals surface area (Å²) in [6, 6.07) is 23.6. The van der Waals surface area contributed by atoms with Gasteiger partial charge >= 0.3 is 0 Å². The molecule has 0 N–H and O–H groups in total. The minimum Gasteiger partial charge on any atom is -0.362 e. The molecule has 0 spiro atoms. The Morgan fingerprint density at radius 1 is 0.774 bits per heavy atom. The average Bonchev–Trinajstić information content (AvgIpc) is 3.04. The molecule has 0 saturated carbocycles. The van der Waals surface area contributed by atoms with E-state index in [1.165, 1.54) is 16.0 Å². The fourth-order valence-corrected chi connectivity index (χ4v) is 4.65. The number of benzene rings is 3. The Morgan fingerprint density at radius 2 is 1.48 bits per heavy atom. The molecule has 5 rings (SSSR count). The Morgan fingerprint density at radius 3 is 2.23 bits per heavy atom. The van der Waals surface area contributed by atoms with Crippen molar-refractivity contribution < 1.29 is 9.59 Å². The lowest BCUT2D eigenvalue weighted by Crippen LogP contribution is -2.37. The van der Waals surface area contributed by atoms with Crippen LogP contribution in [0.4, 0.5) is 5.69 Å². The summed E-state index contributed by atoms with van der Waals surface area (Å²) >= 11 is 0. The van der Waals surface area contributed by atoms with Crippen LogP contribution in [0.2, 0.25) is 0 Å². The van der Waals surface area contributed by atoms with Gasteiger partial charge in [-0.1, -0.05) is 66.2 Å². The first-order valence-electron chi connectivity index (χ1n) is 10.6. The highest BCUT2D eigenvalue weighted by molar-refractivity contribution is 6.45. The van der Waals surface area contributed by atoms with Crippen LogP contribution in [-0.2, 0) is 22.6 Å². The highest BCUT2D eigenvalue weighted by Gasteiger charge is 2.43. The molecule has 3 aromatic carbocycles. The van der Waals surface area contributed by atoms with Crippen molar-refractivity contribution >= 4 is 23.1 Å². The fraction of sp³-hybridized carbons (Fsp3) is 0.185. The highest BCUT2D eigenvalue weighted by atomic mass is 16.2. The Hall–Kier alpha value is -3.66. The molecule has 0 saturated heterocycles. The van der Waals surface area contributed by atoms with Crippen molar-refractivity contribution in [3.8, 4) is 0 Å². The standard InChI is InChI=1S/C27H24N2O2/c1-18-12-13-23(19(2)16-18)24-25(28-15-14-20-8-6-7-9-21(20)17-28)27(31)29(26(24)30)22-10-4-3-5-11-22/h3-13,16H,14-15,17H2,1-2H3. The van der Waals surface area contributed by atoms with Gasteiger partial charge in [0.05, 0.1) is 11.3 Å². The Bertz CT molecular complexity index is 1230. The van der Waals surface area contributed by atoms with E-state index < -0.39 is 0 Å². The summed E-state index contributed by atoms with van der Waals surface area (Å²) in [6.07, 6.45) is 0.854. The van der Waals surface area contributed by atoms with Gasteiger partial charge in [0.2, 0.25) is 0 Å². The van der Waals surface area contributed by atoms with Crippen LogP contribution in [0.3, 0.4) is 0 Å². The third kappa shape index (κ3) is 3.25. The van der Waals surface area contributed by atoms with E-state index in [1.54, 1.807) is 0 Å². The quantitative estimate of drug-likeness (QED) is 0.593. The van der Waals surface area contributed by atoms with E-state index in [0.717, 1.165) is 23.1 Å². The van der Waals surface area contributed by atoms with E-state index >= 15 is 0 Å². The molecule has 2 heterocycles. The number of carbonyl (C=O) groups is 2. The molecule has 4 heteroatoms. The third-order valence-corrected chi connectivity index (χ3v) is 6.17. The maximum atomic E-state index is 13.7. The fourth-order valence-electron chi connectivity index (χ4n) is 4.65. The van der Waals surface area contributed by atoms with E-state index in [1.807, 2.05) is 62.4 Å². The van der Waals surface area contributed by atoms with Crippen LogP contribution < -0.4 is 4.90 Å². The van der Waals surface area contributed by atoms with Gasteiger partial charge in [-0.05, 0) is 54.7 Å². The number of hydrogen-bond acceptors (Lipinski definition) is 3. The number of hydrogen-bond donors (Lipinski definition) is 0. The summed E-state index contributed by atoms with van der Waals surface area (Å²) in [7, 11) is 0. The molecule has 0 atom stereocenters. The molecular formula is C27H24N2O2. The zero-order valence-corrected chi connectivity index (χ0v) is 17.8. The Kier molecular flexibility index (Phi) is 4.70. The zero-order chi connectivity index (χ0) is 21.5. The smallest absolute Gasteiger partial charge is 0.282 e. The van der Waals surface area contributed by atoms with Crippen LogP contribution in [0.5, 0.6) is 0 Å². The monoisotopic (exact) mass is 408 g/mol. The topological polar surface area (TPSA) is 40.6 Å². The van der Waals surface area contributed by atoms with Crippen LogP contribution in [0.15, 0.2) is 78.5 Å². The van der Waals surface area contributed by atoms with Crippen molar-refractivity contribution in [2.24, 2.45) is 0 Å². The lowest BCUT2D eigenvalue weighted by atomic mass is 9.95. The van der Waals surface area contributed by atoms with Crippen LogP contribution in [0, 0.1) is 13.8 Å². The first-order valence-corrected chi connectivity index (χ1v) is 10.6. The summed E-state index contributed by atoms with van der Waals surface area (Å²) in [4.78, 5) is 30.8. The molecule has 0 aromatic heterocycles. The molecule has 154 valence electrons. The van der Waals surface area contributed by atoms with E-state index in [4.69, 9.17) is 0 Å². The number of anilines is 1. The van der Waals surface area contributed by atoms with Gasteiger partial charge in [-0.25, -0.2) is 4.90 Å². The lowest BCUT2D eigenvalue weighted by Gasteiger charge is -2.31. The van der Waals surface area contributed by atoms with E-state index in [0.29, 0.717) is 30.0 Å². The summed E-state index contributed by atoms with van der Waals surface area (Å²) in [5, 5.41) is 0. The molecule has 4 nitrogen and oxygen atoms in total. The SMILES string of the molecule is Cc1ccc(C2=C(N3CCc4ccccc4C3)C(=O)N(c3ccccc3)C2=O)c(C)c1. The number of amides is 2. The molecule has 2 aliphatic rings. The number of imide groups is 1. The van der Waals surface area contributed by atoms with Gasteiger partial charge in [-0.3, -0.25) is 9.59 Å². The Labute approximate surface area is 182 Å². The first kappa shape index (κ1) is 19.3. The molecule has 0 radical (unpaired) electrons. The molecule has 2 aliphatic heterocycles. The average molecular weight is 409 g/mol. The summed E-state index contributed by atoms with van der Waals surface area (Å²) in [6.45, 7) is 5.37. The van der Waals surface area contributed by atoms with Crippen LogP contribution in [0.25, 0.3) is 5.57 Å². The molecule has 0 fully saturated rings. The normalized spacial score (nSPS) is 16.2. The molecule has 0 unspecified atom stereocenters. The maximum absolute atomic E-state index is 13.7. The number of para-hydroxylation sites is 1. The largest absolute Gasteiger partial charge is 0.362 e. The van der Waals surface area contributed by atoms with E-state index in [-0.39, 0.29) is 11.8 Å². The predicted octanol–water partition coefficient (Wildman–Crippen LogP) is 4.65. The van der Waals surface area contributed by atoms with Gasteiger partial charge in [-0.15, -0.1) is 0 Å². The molecule has 2 amide bonds. The van der Waals surface area contributed by atoms with Gasteiger partial charge in [-0.2, -0.15) is 0 Å². The van der Waals surface area contributed by atoms with Gasteiger partial charge < -0.3 is 4.90 Å². The minimum atomic E-state index is -0.253. The number of nitrogens with zero attached hydrogens (tertiary/aromatic N) is 2. The van der Waals surface area contributed by atoms with Gasteiger partial charge in [0.25, 0.3) is 11.8 Å². The molecule has 3 aromatic rings. The first-order chi connectivity index (χ1) is 15.0. The second kappa shape index (κ2) is 7.55. The summed E-state index contributed by atoms with van der Waals surface area (Å²) in [5.74, 6) is -0.498. The van der Waals surface area contributed by atoms with Crippen LogP contribution in [0.1, 0.15) is 27.8 Å². The molecule has 31 heavy (non-hydrogen) atoms. The summed E-state index contributed by atoms with van der Waals surface area (Å²) in [5.41, 5.74) is 7.10. The second-order valence-corrected chi connectivity index (χ2v) is 8.26. The lowest BCUT2D eigenvalue weighted by molar-refractivity contribution is -0.120. The van der Waals surface area contributed by atoms with Crippen LogP contribution in [-0.4, -0.2) is 23.3 Å². The second-order valence-electron chi connectivity index (χ2n) is 8.26. The highest BCUT2D eigenvalue weighted by Crippen LogP contribution is 2.37. The van der Waals surface area contributed by atoms with Crippen molar-refractivity contribution in [2.75, 3.05) is 11.4 Å². The number of aryl methyl sites for hydroxylation is 2. The van der Waals surface area contributed by atoms with Gasteiger partial charge in [0.1, 0.15) is 5.70 Å². The van der Waals surface area contributed by atoms with Crippen molar-refractivity contribution in [3.63, 3.8) is 0 Å². The Balaban J connectivity index is 1.65. The molecule has 0 bridgehead atoms. The van der Waals surface area contributed by atoms with Crippen molar-refractivity contribution in [1.82, 2.24) is 4.90 Å². The van der Waals surface area contributed by atoms with Crippen molar-refractivity contribution in [3.05, 3.63) is 106 Å². The number of rotatable bonds is 3. The minimum absolute atomic E-state index is 0.245. The number of carbonyl (C=O) groups excluding carboxylic acids is 2. The third-order valence-electron chi connectivity index (χ3n) is 6.17. The van der Waals surface area contributed by atoms with Gasteiger partial charge in [0.15, 0.2) is 0 Å². The molecule has 0 aliphatic carbocycles. The van der Waals surface area contributed by atoms with Gasteiger partial charge in [0, 0.05) is 13.1 Å². The van der Waals surface area contributed by atoms with E-state index in [2.05, 4.69) is 29.2 Å². The van der Waals surface area contributed by atoms with Crippen LogP contribution >= 0.6 is 0 Å². The maximum Gasteiger partial charge on any atom is 0.282 e. The number of fused-ring (bicyclic) bond motifs is 1.